The average Bonchev–Trinajstić information content (AvgIpc) is 3.39. The third-order valence-corrected chi connectivity index (χ3v) is 10.9. The molecule has 46 heavy (non-hydrogen) atoms. The molecule has 242 valence electrons. The van der Waals surface area contributed by atoms with E-state index in [0.29, 0.717) is 23.8 Å². The number of halogens is 4. The van der Waals surface area contributed by atoms with Crippen LogP contribution in [0.1, 0.15) is 24.8 Å². The van der Waals surface area contributed by atoms with Gasteiger partial charge in [0.1, 0.15) is 17.3 Å². The normalized spacial score (nSPS) is 21.9. The Morgan fingerprint density at radius 2 is 1.78 bits per heavy atom. The fourth-order valence-electron chi connectivity index (χ4n) is 5.86. The third kappa shape index (κ3) is 5.88. The van der Waals surface area contributed by atoms with E-state index in [1.54, 1.807) is 24.3 Å². The molecular formula is C31H27ClF3N3O7S. The van der Waals surface area contributed by atoms with Crippen molar-refractivity contribution in [1.82, 2.24) is 10.2 Å². The summed E-state index contributed by atoms with van der Waals surface area (Å²) >= 11 is 6.24. The van der Waals surface area contributed by atoms with E-state index in [1.165, 1.54) is 0 Å². The maximum atomic E-state index is 14.6. The molecule has 0 unspecified atom stereocenters. The van der Waals surface area contributed by atoms with Crippen LogP contribution in [0, 0.1) is 11.3 Å². The molecule has 3 fully saturated rings. The van der Waals surface area contributed by atoms with Crippen molar-refractivity contribution >= 4 is 44.0 Å². The number of hydrogen-bond donors (Lipinski definition) is 1. The molecule has 1 aliphatic carbocycles. The van der Waals surface area contributed by atoms with Crippen LogP contribution in [0.5, 0.6) is 5.75 Å². The van der Waals surface area contributed by atoms with Gasteiger partial charge in [-0.15, -0.1) is 0 Å². The van der Waals surface area contributed by atoms with Gasteiger partial charge in [-0.1, -0.05) is 54.1 Å². The second-order valence-corrected chi connectivity index (χ2v) is 14.0. The van der Waals surface area contributed by atoms with Crippen LogP contribution in [-0.2, 0) is 34.7 Å². The summed E-state index contributed by atoms with van der Waals surface area (Å²) in [6.07, 6.45) is -4.16. The molecule has 1 N–H and O–H groups in total. The monoisotopic (exact) mass is 677 g/mol. The number of nitrogens with one attached hydrogen (secondary N) is 1. The molecule has 2 amide bonds. The van der Waals surface area contributed by atoms with E-state index in [2.05, 4.69) is 16.1 Å². The van der Waals surface area contributed by atoms with Crippen LogP contribution in [0.15, 0.2) is 65.6 Å². The fraction of sp³-hybridized carbons (Fsp3) is 0.387. The van der Waals surface area contributed by atoms with Gasteiger partial charge in [0, 0.05) is 18.2 Å². The Morgan fingerprint density at radius 3 is 2.43 bits per heavy atom. The Balaban J connectivity index is 1.36. The van der Waals surface area contributed by atoms with E-state index < -0.39 is 68.5 Å². The molecule has 2 saturated heterocycles. The van der Waals surface area contributed by atoms with E-state index in [1.807, 2.05) is 18.2 Å². The zero-order valence-electron chi connectivity index (χ0n) is 24.1. The lowest BCUT2D eigenvalue weighted by Crippen LogP contribution is -2.55. The molecule has 0 spiro atoms. The van der Waals surface area contributed by atoms with Crippen LogP contribution in [0.3, 0.4) is 0 Å². The molecule has 2 atom stereocenters. The molecular weight excluding hydrogens is 651 g/mol. The number of fused-ring (bicyclic) bond motifs is 1. The number of carbonyl (C=O) groups excluding carboxylic acids is 2. The molecule has 3 aromatic carbocycles. The SMILES string of the molecule is N#CC1(NC(=O)[C@@H]2C[C@@H](S(=O)(=O)c3ccc(OCC(F)(F)F)cc3Cl)CN2C(=O)C2(c3cccc4ccccc34)OCCO2)CC1. The number of rotatable bonds is 8. The van der Waals surface area contributed by atoms with Gasteiger partial charge in [0.05, 0.1) is 34.5 Å². The van der Waals surface area contributed by atoms with Gasteiger partial charge >= 0.3 is 6.18 Å². The zero-order valence-corrected chi connectivity index (χ0v) is 25.6. The summed E-state index contributed by atoms with van der Waals surface area (Å²) in [5, 5.41) is 12.0. The minimum atomic E-state index is -4.62. The van der Waals surface area contributed by atoms with Crippen LogP contribution >= 0.6 is 11.6 Å². The Labute approximate surface area is 266 Å². The molecule has 2 heterocycles. The lowest BCUT2D eigenvalue weighted by Gasteiger charge is -2.34. The molecule has 3 aliphatic rings. The fourth-order valence-corrected chi connectivity index (χ4v) is 8.09. The number of hydrogen-bond acceptors (Lipinski definition) is 8. The lowest BCUT2D eigenvalue weighted by molar-refractivity contribution is -0.199. The smallest absolute Gasteiger partial charge is 0.422 e. The molecule has 10 nitrogen and oxygen atoms in total. The Hall–Kier alpha value is -3.90. The highest BCUT2D eigenvalue weighted by Gasteiger charge is 2.56. The number of sulfone groups is 1. The zero-order chi connectivity index (χ0) is 32.9. The number of carbonyl (C=O) groups is 2. The number of ether oxygens (including phenoxy) is 3. The molecule has 2 aliphatic heterocycles. The summed E-state index contributed by atoms with van der Waals surface area (Å²) in [7, 11) is -4.37. The largest absolute Gasteiger partial charge is 0.484 e. The molecule has 3 aromatic rings. The highest BCUT2D eigenvalue weighted by atomic mass is 35.5. The topological polar surface area (TPSA) is 135 Å². The first-order valence-corrected chi connectivity index (χ1v) is 16.2. The second-order valence-electron chi connectivity index (χ2n) is 11.4. The van der Waals surface area contributed by atoms with Crippen molar-refractivity contribution in [2.24, 2.45) is 0 Å². The summed E-state index contributed by atoms with van der Waals surface area (Å²) in [6, 6.07) is 16.3. The predicted octanol–water partition coefficient (Wildman–Crippen LogP) is 4.25. The standard InChI is InChI=1S/C31H27ClF3N3O7S/c32-24-14-20(43-18-30(33,34)35)8-9-26(24)46(41,42)21-15-25(27(39)37-29(17-36)10-11-29)38(16-21)28(40)31(44-12-13-45-31)23-7-3-5-19-4-1-2-6-22(19)23/h1-9,14,21,25H,10-13,15-16,18H2,(H,37,39)/t21-,25+/m1/s1. The van der Waals surface area contributed by atoms with Gasteiger partial charge in [-0.25, -0.2) is 8.42 Å². The number of nitriles is 1. The minimum Gasteiger partial charge on any atom is -0.484 e. The number of likely N-dealkylation sites (tertiary alicyclic amines) is 1. The quantitative estimate of drug-likeness (QED) is 0.374. The highest BCUT2D eigenvalue weighted by Crippen LogP contribution is 2.42. The van der Waals surface area contributed by atoms with Gasteiger partial charge in [-0.05, 0) is 42.2 Å². The molecule has 0 bridgehead atoms. The van der Waals surface area contributed by atoms with Gasteiger partial charge in [-0.2, -0.15) is 18.4 Å². The Morgan fingerprint density at radius 1 is 1.09 bits per heavy atom. The highest BCUT2D eigenvalue weighted by molar-refractivity contribution is 7.92. The van der Waals surface area contributed by atoms with Crippen molar-refractivity contribution in [2.45, 2.75) is 53.0 Å². The van der Waals surface area contributed by atoms with E-state index in [4.69, 9.17) is 21.1 Å². The van der Waals surface area contributed by atoms with Crippen LogP contribution in [0.4, 0.5) is 13.2 Å². The van der Waals surface area contributed by atoms with Gasteiger partial charge in [0.15, 0.2) is 16.4 Å². The van der Waals surface area contributed by atoms with Gasteiger partial charge in [0.25, 0.3) is 11.7 Å². The van der Waals surface area contributed by atoms with Gasteiger partial charge < -0.3 is 24.4 Å². The number of alkyl halides is 3. The molecule has 0 aromatic heterocycles. The number of benzene rings is 3. The van der Waals surface area contributed by atoms with Crippen molar-refractivity contribution in [2.75, 3.05) is 26.4 Å². The van der Waals surface area contributed by atoms with Crippen LogP contribution < -0.4 is 10.1 Å². The molecule has 1 saturated carbocycles. The van der Waals surface area contributed by atoms with Crippen LogP contribution in [-0.4, -0.2) is 74.5 Å². The Kier molecular flexibility index (Phi) is 8.17. The summed E-state index contributed by atoms with van der Waals surface area (Å²) in [5.41, 5.74) is -0.724. The van der Waals surface area contributed by atoms with Crippen molar-refractivity contribution in [3.63, 3.8) is 0 Å². The third-order valence-electron chi connectivity index (χ3n) is 8.32. The van der Waals surface area contributed by atoms with Crippen molar-refractivity contribution in [3.05, 3.63) is 71.2 Å². The van der Waals surface area contributed by atoms with Gasteiger partial charge in [-0.3, -0.25) is 9.59 Å². The maximum Gasteiger partial charge on any atom is 0.422 e. The van der Waals surface area contributed by atoms with Crippen molar-refractivity contribution in [3.8, 4) is 11.8 Å². The van der Waals surface area contributed by atoms with Crippen LogP contribution in [0.25, 0.3) is 10.8 Å². The predicted molar refractivity (Wildman–Crippen MR) is 157 cm³/mol. The number of amides is 2. The summed E-state index contributed by atoms with van der Waals surface area (Å²) in [4.78, 5) is 28.9. The molecule has 15 heteroatoms. The average molecular weight is 678 g/mol. The van der Waals surface area contributed by atoms with E-state index in [-0.39, 0.29) is 30.4 Å². The van der Waals surface area contributed by atoms with Crippen molar-refractivity contribution < 1.29 is 45.4 Å². The lowest BCUT2D eigenvalue weighted by atomic mass is 9.96. The number of nitrogens with zero attached hydrogens (tertiary/aromatic N) is 2. The Bertz CT molecular complexity index is 1850. The first-order chi connectivity index (χ1) is 21.8. The van der Waals surface area contributed by atoms with E-state index >= 15 is 0 Å². The van der Waals surface area contributed by atoms with Crippen molar-refractivity contribution in [1.29, 1.82) is 5.26 Å². The first-order valence-electron chi connectivity index (χ1n) is 14.3. The molecule has 0 radical (unpaired) electrons. The van der Waals surface area contributed by atoms with E-state index in [9.17, 15) is 36.4 Å². The minimum absolute atomic E-state index is 0.0529. The summed E-state index contributed by atoms with van der Waals surface area (Å²) in [5.74, 6) is -3.78. The first kappa shape index (κ1) is 32.1. The van der Waals surface area contributed by atoms with Gasteiger partial charge in [0.2, 0.25) is 5.91 Å². The molecule has 6 rings (SSSR count). The summed E-state index contributed by atoms with van der Waals surface area (Å²) < 4.78 is 82.4. The van der Waals surface area contributed by atoms with E-state index in [0.717, 1.165) is 28.5 Å². The maximum absolute atomic E-state index is 14.6. The summed E-state index contributed by atoms with van der Waals surface area (Å²) in [6.45, 7) is -1.95. The van der Waals surface area contributed by atoms with Crippen LogP contribution in [0.2, 0.25) is 5.02 Å². The second kappa shape index (κ2) is 11.7.